The van der Waals surface area contributed by atoms with Gasteiger partial charge in [0.25, 0.3) is 0 Å². The van der Waals surface area contributed by atoms with E-state index in [-0.39, 0.29) is 18.1 Å². The van der Waals surface area contributed by atoms with Crippen molar-refractivity contribution >= 4 is 6.09 Å². The lowest BCUT2D eigenvalue weighted by atomic mass is 9.74. The zero-order chi connectivity index (χ0) is 18.5. The summed E-state index contributed by atoms with van der Waals surface area (Å²) < 4.78 is 5.43. The predicted molar refractivity (Wildman–Crippen MR) is 96.0 cm³/mol. The maximum absolute atomic E-state index is 12.2. The minimum absolute atomic E-state index is 0.106. The van der Waals surface area contributed by atoms with Crippen LogP contribution in [-0.4, -0.2) is 41.4 Å². The fraction of sp³-hybridized carbons (Fsp3) is 0.600. The second-order valence-corrected chi connectivity index (χ2v) is 7.95. The standard InChI is InChI=1S/C20H28N2O3/c1-19(2,3)25-18(24)22-12-9-20(15-23,10-13-22)14-17-6-4-16(5-7-17)8-11-21/h4-7,23H,8-10,12-15H2,1-3H3. The molecule has 1 aliphatic rings. The minimum atomic E-state index is -0.492. The summed E-state index contributed by atoms with van der Waals surface area (Å²) in [6, 6.07) is 10.2. The number of hydrogen-bond donors (Lipinski definition) is 1. The largest absolute Gasteiger partial charge is 0.444 e. The number of amides is 1. The number of rotatable bonds is 4. The number of aliphatic hydroxyl groups is 1. The zero-order valence-electron chi connectivity index (χ0n) is 15.4. The second-order valence-electron chi connectivity index (χ2n) is 7.95. The molecule has 5 nitrogen and oxygen atoms in total. The summed E-state index contributed by atoms with van der Waals surface area (Å²) in [5, 5.41) is 18.7. The molecule has 136 valence electrons. The lowest BCUT2D eigenvalue weighted by molar-refractivity contribution is -0.000184. The Hall–Kier alpha value is -2.06. The van der Waals surface area contributed by atoms with Crippen LogP contribution in [0.4, 0.5) is 4.79 Å². The highest BCUT2D eigenvalue weighted by molar-refractivity contribution is 5.68. The van der Waals surface area contributed by atoms with Gasteiger partial charge in [-0.25, -0.2) is 4.79 Å². The monoisotopic (exact) mass is 344 g/mol. The first-order valence-electron chi connectivity index (χ1n) is 8.80. The van der Waals surface area contributed by atoms with Gasteiger partial charge < -0.3 is 14.7 Å². The molecule has 1 amide bonds. The summed E-state index contributed by atoms with van der Waals surface area (Å²) in [7, 11) is 0. The van der Waals surface area contributed by atoms with E-state index in [0.717, 1.165) is 30.4 Å². The SMILES string of the molecule is CC(C)(C)OC(=O)N1CCC(CO)(Cc2ccc(CC#N)cc2)CC1. The fourth-order valence-corrected chi connectivity index (χ4v) is 3.18. The molecule has 1 heterocycles. The molecular weight excluding hydrogens is 316 g/mol. The van der Waals surface area contributed by atoms with Crippen molar-refractivity contribution in [3.63, 3.8) is 0 Å². The molecule has 0 unspecified atom stereocenters. The molecule has 0 saturated carbocycles. The molecule has 1 aromatic carbocycles. The maximum atomic E-state index is 12.2. The second kappa shape index (κ2) is 7.88. The Kier molecular flexibility index (Phi) is 6.07. The number of benzene rings is 1. The number of nitrogens with zero attached hydrogens (tertiary/aromatic N) is 2. The lowest BCUT2D eigenvalue weighted by Gasteiger charge is -2.41. The predicted octanol–water partition coefficient (Wildman–Crippen LogP) is 3.30. The molecule has 0 atom stereocenters. The van der Waals surface area contributed by atoms with Crippen molar-refractivity contribution in [2.24, 2.45) is 5.41 Å². The third kappa shape index (κ3) is 5.47. The third-order valence-electron chi connectivity index (χ3n) is 4.70. The Bertz CT molecular complexity index is 618. The Morgan fingerprint density at radius 2 is 1.80 bits per heavy atom. The van der Waals surface area contributed by atoms with Crippen LogP contribution >= 0.6 is 0 Å². The molecule has 5 heteroatoms. The van der Waals surface area contributed by atoms with E-state index in [0.29, 0.717) is 19.5 Å². The van der Waals surface area contributed by atoms with Gasteiger partial charge in [0, 0.05) is 25.1 Å². The van der Waals surface area contributed by atoms with E-state index in [1.54, 1.807) is 4.90 Å². The van der Waals surface area contributed by atoms with Crippen molar-refractivity contribution in [2.75, 3.05) is 19.7 Å². The number of aliphatic hydroxyl groups excluding tert-OH is 1. The van der Waals surface area contributed by atoms with Gasteiger partial charge in [0.05, 0.1) is 12.5 Å². The Morgan fingerprint density at radius 1 is 1.24 bits per heavy atom. The van der Waals surface area contributed by atoms with Crippen LogP contribution < -0.4 is 0 Å². The van der Waals surface area contributed by atoms with Crippen LogP contribution in [0.5, 0.6) is 0 Å². The van der Waals surface area contributed by atoms with Crippen LogP contribution in [-0.2, 0) is 17.6 Å². The van der Waals surface area contributed by atoms with E-state index in [4.69, 9.17) is 10.00 Å². The molecule has 1 N–H and O–H groups in total. The number of carbonyl (C=O) groups is 1. The van der Waals surface area contributed by atoms with Gasteiger partial charge in [-0.1, -0.05) is 24.3 Å². The fourth-order valence-electron chi connectivity index (χ4n) is 3.18. The molecule has 1 aliphatic heterocycles. The van der Waals surface area contributed by atoms with Gasteiger partial charge in [-0.2, -0.15) is 5.26 Å². The highest BCUT2D eigenvalue weighted by Crippen LogP contribution is 2.35. The summed E-state index contributed by atoms with van der Waals surface area (Å²) in [6.07, 6.45) is 2.42. The average Bonchev–Trinajstić information content (AvgIpc) is 2.56. The number of nitriles is 1. The Balaban J connectivity index is 1.96. The van der Waals surface area contributed by atoms with Crippen LogP contribution in [0.15, 0.2) is 24.3 Å². The molecule has 0 aliphatic carbocycles. The molecule has 1 fully saturated rings. The van der Waals surface area contributed by atoms with Crippen LogP contribution in [0.1, 0.15) is 44.7 Å². The third-order valence-corrected chi connectivity index (χ3v) is 4.70. The molecule has 0 aromatic heterocycles. The minimum Gasteiger partial charge on any atom is -0.444 e. The molecule has 0 spiro atoms. The number of carbonyl (C=O) groups excluding carboxylic acids is 1. The van der Waals surface area contributed by atoms with E-state index in [1.807, 2.05) is 45.0 Å². The Morgan fingerprint density at radius 3 is 2.28 bits per heavy atom. The van der Waals surface area contributed by atoms with Crippen LogP contribution in [0.3, 0.4) is 0 Å². The highest BCUT2D eigenvalue weighted by Gasteiger charge is 2.36. The van der Waals surface area contributed by atoms with Crippen molar-refractivity contribution in [1.29, 1.82) is 5.26 Å². The van der Waals surface area contributed by atoms with Crippen LogP contribution in [0.2, 0.25) is 0 Å². The lowest BCUT2D eigenvalue weighted by Crippen LogP contribution is -2.47. The van der Waals surface area contributed by atoms with Crippen LogP contribution in [0, 0.1) is 16.7 Å². The quantitative estimate of drug-likeness (QED) is 0.909. The first-order valence-corrected chi connectivity index (χ1v) is 8.80. The number of ether oxygens (including phenoxy) is 1. The first kappa shape index (κ1) is 19.3. The first-order chi connectivity index (χ1) is 11.8. The number of likely N-dealkylation sites (tertiary alicyclic amines) is 1. The summed E-state index contributed by atoms with van der Waals surface area (Å²) in [4.78, 5) is 13.9. The van der Waals surface area contributed by atoms with E-state index >= 15 is 0 Å². The molecule has 25 heavy (non-hydrogen) atoms. The van der Waals surface area contributed by atoms with E-state index in [2.05, 4.69) is 6.07 Å². The number of hydrogen-bond acceptors (Lipinski definition) is 4. The summed E-state index contributed by atoms with van der Waals surface area (Å²) in [6.45, 7) is 6.90. The zero-order valence-corrected chi connectivity index (χ0v) is 15.4. The Labute approximate surface area is 150 Å². The normalized spacial score (nSPS) is 17.0. The van der Waals surface area contributed by atoms with Crippen LogP contribution in [0.25, 0.3) is 0 Å². The summed E-state index contributed by atoms with van der Waals surface area (Å²) in [5.41, 5.74) is 1.47. The van der Waals surface area contributed by atoms with Crippen molar-refractivity contribution in [2.45, 2.75) is 52.1 Å². The van der Waals surface area contributed by atoms with Gasteiger partial charge >= 0.3 is 6.09 Å². The number of piperidine rings is 1. The molecular formula is C20H28N2O3. The van der Waals surface area contributed by atoms with Gasteiger partial charge in [0.1, 0.15) is 5.60 Å². The van der Waals surface area contributed by atoms with Crippen molar-refractivity contribution in [3.05, 3.63) is 35.4 Å². The summed E-state index contributed by atoms with van der Waals surface area (Å²) >= 11 is 0. The topological polar surface area (TPSA) is 73.6 Å². The van der Waals surface area contributed by atoms with Crippen molar-refractivity contribution in [3.8, 4) is 6.07 Å². The van der Waals surface area contributed by atoms with Crippen molar-refractivity contribution in [1.82, 2.24) is 4.90 Å². The molecule has 1 saturated heterocycles. The van der Waals surface area contributed by atoms with Gasteiger partial charge in [-0.3, -0.25) is 0 Å². The van der Waals surface area contributed by atoms with Gasteiger partial charge in [0.15, 0.2) is 0 Å². The molecule has 0 radical (unpaired) electrons. The average molecular weight is 344 g/mol. The van der Waals surface area contributed by atoms with E-state index in [1.165, 1.54) is 0 Å². The molecule has 1 aromatic rings. The molecule has 2 rings (SSSR count). The smallest absolute Gasteiger partial charge is 0.410 e. The van der Waals surface area contributed by atoms with Gasteiger partial charge in [-0.05, 0) is 51.2 Å². The maximum Gasteiger partial charge on any atom is 0.410 e. The molecule has 0 bridgehead atoms. The van der Waals surface area contributed by atoms with E-state index in [9.17, 15) is 9.90 Å². The van der Waals surface area contributed by atoms with Gasteiger partial charge in [0.2, 0.25) is 0 Å². The van der Waals surface area contributed by atoms with Crippen molar-refractivity contribution < 1.29 is 14.6 Å². The van der Waals surface area contributed by atoms with Gasteiger partial charge in [-0.15, -0.1) is 0 Å². The summed E-state index contributed by atoms with van der Waals surface area (Å²) in [5.74, 6) is 0. The van der Waals surface area contributed by atoms with E-state index < -0.39 is 5.60 Å². The highest BCUT2D eigenvalue weighted by atomic mass is 16.6.